The van der Waals surface area contributed by atoms with Crippen LogP contribution in [0.25, 0.3) is 0 Å². The number of amides is 1. The molecule has 0 spiro atoms. The fourth-order valence-corrected chi connectivity index (χ4v) is 2.24. The van der Waals surface area contributed by atoms with Crippen molar-refractivity contribution in [2.75, 3.05) is 27.2 Å². The first-order chi connectivity index (χ1) is 7.91. The molecule has 0 aromatic carbocycles. The van der Waals surface area contributed by atoms with Crippen LogP contribution < -0.4 is 5.73 Å². The van der Waals surface area contributed by atoms with Crippen LogP contribution in [-0.2, 0) is 4.79 Å². The largest absolute Gasteiger partial charge is 0.341 e. The normalized spacial score (nSPS) is 23.8. The third-order valence-corrected chi connectivity index (χ3v) is 3.81. The summed E-state index contributed by atoms with van der Waals surface area (Å²) in [4.78, 5) is 16.3. The van der Waals surface area contributed by atoms with Gasteiger partial charge in [-0.05, 0) is 32.4 Å². The standard InChI is InChI=1S/C13H27N3O/c1-10(2)12(14)8-13(17)16(4)11-6-5-7-15(3)9-11/h10-12H,5-9,14H2,1-4H3. The van der Waals surface area contributed by atoms with Gasteiger partial charge in [0.25, 0.3) is 0 Å². The summed E-state index contributed by atoms with van der Waals surface area (Å²) >= 11 is 0. The van der Waals surface area contributed by atoms with E-state index in [4.69, 9.17) is 5.73 Å². The lowest BCUT2D eigenvalue weighted by Gasteiger charge is -2.36. The summed E-state index contributed by atoms with van der Waals surface area (Å²) in [6.07, 6.45) is 2.76. The Hall–Kier alpha value is -0.610. The quantitative estimate of drug-likeness (QED) is 0.796. The van der Waals surface area contributed by atoms with Gasteiger partial charge in [-0.25, -0.2) is 0 Å². The van der Waals surface area contributed by atoms with Gasteiger partial charge in [-0.2, -0.15) is 0 Å². The van der Waals surface area contributed by atoms with Crippen LogP contribution in [0, 0.1) is 5.92 Å². The van der Waals surface area contributed by atoms with Crippen molar-refractivity contribution >= 4 is 5.91 Å². The van der Waals surface area contributed by atoms with Gasteiger partial charge in [-0.1, -0.05) is 13.8 Å². The molecule has 2 unspecified atom stereocenters. The van der Waals surface area contributed by atoms with Gasteiger partial charge in [0.15, 0.2) is 0 Å². The molecule has 0 radical (unpaired) electrons. The van der Waals surface area contributed by atoms with Crippen LogP contribution in [0.1, 0.15) is 33.1 Å². The van der Waals surface area contributed by atoms with Crippen molar-refractivity contribution < 1.29 is 4.79 Å². The Labute approximate surface area is 105 Å². The summed E-state index contributed by atoms with van der Waals surface area (Å²) in [5, 5.41) is 0. The molecule has 100 valence electrons. The molecule has 4 heteroatoms. The average Bonchev–Trinajstić information content (AvgIpc) is 2.27. The number of nitrogens with two attached hydrogens (primary N) is 1. The van der Waals surface area contributed by atoms with E-state index in [1.807, 2.05) is 11.9 Å². The van der Waals surface area contributed by atoms with Gasteiger partial charge in [0.1, 0.15) is 0 Å². The van der Waals surface area contributed by atoms with E-state index in [9.17, 15) is 4.79 Å². The molecule has 4 nitrogen and oxygen atoms in total. The zero-order chi connectivity index (χ0) is 13.0. The van der Waals surface area contributed by atoms with E-state index in [2.05, 4.69) is 25.8 Å². The third kappa shape index (κ3) is 4.28. The molecule has 1 amide bonds. The number of hydrogen-bond acceptors (Lipinski definition) is 3. The Balaban J connectivity index is 2.45. The second kappa shape index (κ2) is 6.36. The summed E-state index contributed by atoms with van der Waals surface area (Å²) in [7, 11) is 4.03. The van der Waals surface area contributed by atoms with Crippen molar-refractivity contribution in [2.45, 2.75) is 45.2 Å². The van der Waals surface area contributed by atoms with Crippen molar-refractivity contribution in [3.8, 4) is 0 Å². The minimum absolute atomic E-state index is 0.0220. The predicted octanol–water partition coefficient (Wildman–Crippen LogP) is 0.912. The van der Waals surface area contributed by atoms with Gasteiger partial charge in [0.2, 0.25) is 5.91 Å². The van der Waals surface area contributed by atoms with Crippen LogP contribution in [0.3, 0.4) is 0 Å². The lowest BCUT2D eigenvalue weighted by Crippen LogP contribution is -2.48. The van der Waals surface area contributed by atoms with Crippen LogP contribution >= 0.6 is 0 Å². The zero-order valence-corrected chi connectivity index (χ0v) is 11.6. The molecular weight excluding hydrogens is 214 g/mol. The first-order valence-electron chi connectivity index (χ1n) is 6.61. The molecule has 17 heavy (non-hydrogen) atoms. The third-order valence-electron chi connectivity index (χ3n) is 3.81. The number of nitrogens with zero attached hydrogens (tertiary/aromatic N) is 2. The summed E-state index contributed by atoms with van der Waals surface area (Å²) in [6, 6.07) is 0.340. The number of carbonyl (C=O) groups excluding carboxylic acids is 1. The lowest BCUT2D eigenvalue weighted by atomic mass is 10.00. The van der Waals surface area contributed by atoms with Crippen molar-refractivity contribution in [3.63, 3.8) is 0 Å². The van der Waals surface area contributed by atoms with Gasteiger partial charge < -0.3 is 15.5 Å². The molecular formula is C13H27N3O. The van der Waals surface area contributed by atoms with E-state index in [1.54, 1.807) is 0 Å². The van der Waals surface area contributed by atoms with Crippen LogP contribution in [0.2, 0.25) is 0 Å². The number of piperidine rings is 1. The van der Waals surface area contributed by atoms with E-state index in [0.717, 1.165) is 19.5 Å². The van der Waals surface area contributed by atoms with Crippen molar-refractivity contribution in [2.24, 2.45) is 11.7 Å². The molecule has 0 aromatic heterocycles. The molecule has 1 aliphatic heterocycles. The Morgan fingerprint density at radius 1 is 1.53 bits per heavy atom. The second-order valence-corrected chi connectivity index (χ2v) is 5.67. The van der Waals surface area contributed by atoms with Gasteiger partial charge in [0.05, 0.1) is 0 Å². The maximum Gasteiger partial charge on any atom is 0.224 e. The number of carbonyl (C=O) groups is 1. The molecule has 0 bridgehead atoms. The van der Waals surface area contributed by atoms with Gasteiger partial charge in [-0.3, -0.25) is 4.79 Å². The smallest absolute Gasteiger partial charge is 0.224 e. The van der Waals surface area contributed by atoms with Crippen LogP contribution in [0.15, 0.2) is 0 Å². The van der Waals surface area contributed by atoms with Crippen LogP contribution in [0.4, 0.5) is 0 Å². The average molecular weight is 241 g/mol. The van der Waals surface area contributed by atoms with Gasteiger partial charge in [-0.15, -0.1) is 0 Å². The molecule has 0 aliphatic carbocycles. The minimum atomic E-state index is -0.0220. The molecule has 2 N–H and O–H groups in total. The topological polar surface area (TPSA) is 49.6 Å². The molecule has 1 rings (SSSR count). The Kier molecular flexibility index (Phi) is 5.40. The van der Waals surface area contributed by atoms with E-state index >= 15 is 0 Å². The Bertz CT molecular complexity index is 255. The van der Waals surface area contributed by atoms with Gasteiger partial charge in [0, 0.05) is 32.1 Å². The highest BCUT2D eigenvalue weighted by Gasteiger charge is 2.25. The minimum Gasteiger partial charge on any atom is -0.341 e. The van der Waals surface area contributed by atoms with E-state index in [0.29, 0.717) is 18.4 Å². The summed E-state index contributed by atoms with van der Waals surface area (Å²) in [6.45, 7) is 6.25. The highest BCUT2D eigenvalue weighted by molar-refractivity contribution is 5.76. The summed E-state index contributed by atoms with van der Waals surface area (Å²) in [5.41, 5.74) is 5.95. The zero-order valence-electron chi connectivity index (χ0n) is 11.6. The van der Waals surface area contributed by atoms with Crippen molar-refractivity contribution in [1.29, 1.82) is 0 Å². The van der Waals surface area contributed by atoms with Crippen LogP contribution in [-0.4, -0.2) is 55.0 Å². The molecule has 1 heterocycles. The fraction of sp³-hybridized carbons (Fsp3) is 0.923. The summed E-state index contributed by atoms with van der Waals surface area (Å²) in [5.74, 6) is 0.549. The first-order valence-corrected chi connectivity index (χ1v) is 6.61. The van der Waals surface area contributed by atoms with Gasteiger partial charge >= 0.3 is 0 Å². The number of likely N-dealkylation sites (N-methyl/N-ethyl adjacent to an activating group) is 2. The van der Waals surface area contributed by atoms with Crippen LogP contribution in [0.5, 0.6) is 0 Å². The first kappa shape index (κ1) is 14.5. The monoisotopic (exact) mass is 241 g/mol. The SMILES string of the molecule is CC(C)C(N)CC(=O)N(C)C1CCCN(C)C1. The predicted molar refractivity (Wildman–Crippen MR) is 70.7 cm³/mol. The highest BCUT2D eigenvalue weighted by Crippen LogP contribution is 2.15. The van der Waals surface area contributed by atoms with E-state index < -0.39 is 0 Å². The molecule has 1 fully saturated rings. The maximum absolute atomic E-state index is 12.1. The number of hydrogen-bond donors (Lipinski definition) is 1. The number of likely N-dealkylation sites (tertiary alicyclic amines) is 1. The summed E-state index contributed by atoms with van der Waals surface area (Å²) < 4.78 is 0. The fourth-order valence-electron chi connectivity index (χ4n) is 2.24. The lowest BCUT2D eigenvalue weighted by molar-refractivity contribution is -0.133. The molecule has 0 saturated carbocycles. The highest BCUT2D eigenvalue weighted by atomic mass is 16.2. The number of rotatable bonds is 4. The molecule has 0 aromatic rings. The molecule has 2 atom stereocenters. The Morgan fingerprint density at radius 2 is 2.18 bits per heavy atom. The molecule has 1 saturated heterocycles. The van der Waals surface area contributed by atoms with Crippen molar-refractivity contribution in [3.05, 3.63) is 0 Å². The van der Waals surface area contributed by atoms with E-state index in [-0.39, 0.29) is 11.9 Å². The molecule has 1 aliphatic rings. The van der Waals surface area contributed by atoms with E-state index in [1.165, 1.54) is 6.42 Å². The Morgan fingerprint density at radius 3 is 2.71 bits per heavy atom. The van der Waals surface area contributed by atoms with Crippen molar-refractivity contribution in [1.82, 2.24) is 9.80 Å². The second-order valence-electron chi connectivity index (χ2n) is 5.67. The maximum atomic E-state index is 12.1.